The van der Waals surface area contributed by atoms with E-state index in [1.54, 1.807) is 53.1 Å². The second kappa shape index (κ2) is 8.87. The van der Waals surface area contributed by atoms with Crippen molar-refractivity contribution in [1.29, 1.82) is 0 Å². The van der Waals surface area contributed by atoms with Crippen LogP contribution in [0.1, 0.15) is 35.5 Å². The third-order valence-electron chi connectivity index (χ3n) is 6.40. The van der Waals surface area contributed by atoms with Gasteiger partial charge in [0.15, 0.2) is 5.76 Å². The predicted octanol–water partition coefficient (Wildman–Crippen LogP) is 4.58. The van der Waals surface area contributed by atoms with Crippen molar-refractivity contribution in [3.8, 4) is 11.5 Å². The molecule has 2 aromatic carbocycles. The van der Waals surface area contributed by atoms with E-state index in [2.05, 4.69) is 10.4 Å². The van der Waals surface area contributed by atoms with Crippen molar-refractivity contribution in [1.82, 2.24) is 15.1 Å². The summed E-state index contributed by atoms with van der Waals surface area (Å²) in [5.41, 5.74) is 2.04. The van der Waals surface area contributed by atoms with Gasteiger partial charge in [-0.25, -0.2) is 4.39 Å². The van der Waals surface area contributed by atoms with Gasteiger partial charge in [0.2, 0.25) is 5.91 Å². The number of nitrogens with zero attached hydrogens (tertiary/aromatic N) is 3. The highest BCUT2D eigenvalue weighted by atomic mass is 19.1. The van der Waals surface area contributed by atoms with E-state index in [1.165, 1.54) is 12.1 Å². The summed E-state index contributed by atoms with van der Waals surface area (Å²) in [7, 11) is 0. The molecule has 0 aliphatic carbocycles. The van der Waals surface area contributed by atoms with Crippen LogP contribution in [0.3, 0.4) is 0 Å². The summed E-state index contributed by atoms with van der Waals surface area (Å²) in [6, 6.07) is 18.8. The van der Waals surface area contributed by atoms with Crippen molar-refractivity contribution < 1.29 is 18.4 Å². The molecule has 0 bridgehead atoms. The number of carbonyl (C=O) groups is 2. The quantitative estimate of drug-likeness (QED) is 0.446. The number of amides is 2. The zero-order valence-electron chi connectivity index (χ0n) is 19.5. The fourth-order valence-corrected chi connectivity index (χ4v) is 4.51. The Morgan fingerprint density at radius 1 is 1.14 bits per heavy atom. The molecule has 178 valence electrons. The molecule has 1 aliphatic heterocycles. The van der Waals surface area contributed by atoms with E-state index in [0.29, 0.717) is 29.3 Å². The number of anilines is 1. The smallest absolute Gasteiger partial charge is 0.277 e. The van der Waals surface area contributed by atoms with Crippen LogP contribution >= 0.6 is 0 Å². The van der Waals surface area contributed by atoms with Gasteiger partial charge in [-0.2, -0.15) is 5.10 Å². The molecule has 0 radical (unpaired) electrons. The summed E-state index contributed by atoms with van der Waals surface area (Å²) in [5, 5.41) is 7.51. The van der Waals surface area contributed by atoms with E-state index in [-0.39, 0.29) is 30.7 Å². The van der Waals surface area contributed by atoms with Crippen molar-refractivity contribution in [2.75, 3.05) is 4.90 Å². The van der Waals surface area contributed by atoms with Gasteiger partial charge in [-0.1, -0.05) is 37.3 Å². The summed E-state index contributed by atoms with van der Waals surface area (Å²) >= 11 is 0. The van der Waals surface area contributed by atoms with Crippen LogP contribution in [-0.2, 0) is 24.3 Å². The average Bonchev–Trinajstić information content (AvgIpc) is 3.54. The molecule has 0 saturated heterocycles. The number of rotatable bonds is 6. The number of carbonyl (C=O) groups excluding carboxylic acids is 2. The fourth-order valence-electron chi connectivity index (χ4n) is 4.51. The van der Waals surface area contributed by atoms with Crippen LogP contribution in [0.25, 0.3) is 11.5 Å². The number of para-hydroxylation sites is 1. The van der Waals surface area contributed by atoms with E-state index < -0.39 is 5.54 Å². The number of nitrogens with one attached hydrogen (secondary N) is 1. The Bertz CT molecular complexity index is 1380. The molecule has 4 aromatic rings. The Balaban J connectivity index is 1.55. The maximum atomic E-state index is 13.9. The van der Waals surface area contributed by atoms with E-state index >= 15 is 0 Å². The van der Waals surface area contributed by atoms with Crippen LogP contribution in [0.2, 0.25) is 0 Å². The molecule has 5 rings (SSSR count). The van der Waals surface area contributed by atoms with Gasteiger partial charge < -0.3 is 9.73 Å². The summed E-state index contributed by atoms with van der Waals surface area (Å²) in [5.74, 6) is -0.447. The zero-order valence-corrected chi connectivity index (χ0v) is 19.5. The van der Waals surface area contributed by atoms with Crippen molar-refractivity contribution >= 4 is 17.5 Å². The minimum Gasteiger partial charge on any atom is -0.463 e. The van der Waals surface area contributed by atoms with Crippen LogP contribution in [-0.4, -0.2) is 27.1 Å². The third-order valence-corrected chi connectivity index (χ3v) is 6.40. The minimum atomic E-state index is -1.26. The van der Waals surface area contributed by atoms with Crippen molar-refractivity contribution in [2.45, 2.75) is 38.9 Å². The first kappa shape index (κ1) is 22.6. The first-order valence-corrected chi connectivity index (χ1v) is 11.5. The lowest BCUT2D eigenvalue weighted by Crippen LogP contribution is -2.64. The van der Waals surface area contributed by atoms with Gasteiger partial charge in [0, 0.05) is 18.3 Å². The van der Waals surface area contributed by atoms with Gasteiger partial charge in [0.1, 0.15) is 22.7 Å². The van der Waals surface area contributed by atoms with Gasteiger partial charge >= 0.3 is 0 Å². The molecule has 0 fully saturated rings. The SMILES string of the molecule is CCc1ccccc1N1C(=O)c2cc(-c3ccco3)nn2C[C@]1(C)C(=O)NCc1ccc(F)cc1. The summed E-state index contributed by atoms with van der Waals surface area (Å²) < 4.78 is 20.3. The van der Waals surface area contributed by atoms with E-state index in [9.17, 15) is 14.0 Å². The number of benzene rings is 2. The highest BCUT2D eigenvalue weighted by Crippen LogP contribution is 2.36. The average molecular weight is 473 g/mol. The molecule has 0 unspecified atom stereocenters. The molecule has 1 N–H and O–H groups in total. The van der Waals surface area contributed by atoms with Crippen molar-refractivity contribution in [3.05, 3.63) is 95.6 Å². The largest absolute Gasteiger partial charge is 0.463 e. The molecule has 2 aromatic heterocycles. The highest BCUT2D eigenvalue weighted by Gasteiger charge is 2.49. The molecular formula is C27H25FN4O3. The van der Waals surface area contributed by atoms with Gasteiger partial charge in [0.05, 0.1) is 12.8 Å². The number of furan rings is 1. The minimum absolute atomic E-state index is 0.155. The van der Waals surface area contributed by atoms with Gasteiger partial charge in [-0.05, 0) is 54.8 Å². The van der Waals surface area contributed by atoms with Crippen LogP contribution in [0.15, 0.2) is 77.4 Å². The third kappa shape index (κ3) is 4.01. The highest BCUT2D eigenvalue weighted by molar-refractivity contribution is 6.12. The van der Waals surface area contributed by atoms with E-state index in [0.717, 1.165) is 11.1 Å². The first-order chi connectivity index (χ1) is 16.9. The topological polar surface area (TPSA) is 80.4 Å². The Hall–Kier alpha value is -4.20. The second-order valence-corrected chi connectivity index (χ2v) is 8.76. The van der Waals surface area contributed by atoms with E-state index in [4.69, 9.17) is 4.42 Å². The number of halogens is 1. The molecule has 1 atom stereocenters. The lowest BCUT2D eigenvalue weighted by molar-refractivity contribution is -0.126. The number of fused-ring (bicyclic) bond motifs is 1. The first-order valence-electron chi connectivity index (χ1n) is 11.5. The normalized spacial score (nSPS) is 17.3. The standard InChI is InChI=1S/C27H25FN4O3/c1-3-19-7-4-5-8-22(19)32-25(33)23-15-21(24-9-6-14-35-24)30-31(23)17-27(32,2)26(34)29-16-18-10-12-20(28)13-11-18/h4-15H,3,16-17H2,1-2H3,(H,29,34)/t27-/m1/s1. The van der Waals surface area contributed by atoms with Gasteiger partial charge in [-0.3, -0.25) is 19.2 Å². The summed E-state index contributed by atoms with van der Waals surface area (Å²) in [6.07, 6.45) is 2.25. The second-order valence-electron chi connectivity index (χ2n) is 8.76. The predicted molar refractivity (Wildman–Crippen MR) is 129 cm³/mol. The van der Waals surface area contributed by atoms with Gasteiger partial charge in [0.25, 0.3) is 5.91 Å². The lowest BCUT2D eigenvalue weighted by Gasteiger charge is -2.43. The molecule has 0 saturated carbocycles. The van der Waals surface area contributed by atoms with Crippen LogP contribution in [0, 0.1) is 5.82 Å². The van der Waals surface area contributed by atoms with Gasteiger partial charge in [-0.15, -0.1) is 0 Å². The molecular weight excluding hydrogens is 447 g/mol. The van der Waals surface area contributed by atoms with Crippen molar-refractivity contribution in [3.63, 3.8) is 0 Å². The monoisotopic (exact) mass is 472 g/mol. The Morgan fingerprint density at radius 3 is 2.63 bits per heavy atom. The summed E-state index contributed by atoms with van der Waals surface area (Å²) in [6.45, 7) is 4.12. The number of hydrogen-bond acceptors (Lipinski definition) is 4. The molecule has 0 spiro atoms. The number of hydrogen-bond donors (Lipinski definition) is 1. The number of aromatic nitrogens is 2. The summed E-state index contributed by atoms with van der Waals surface area (Å²) in [4.78, 5) is 29.2. The Morgan fingerprint density at radius 2 is 1.91 bits per heavy atom. The van der Waals surface area contributed by atoms with Crippen LogP contribution in [0.5, 0.6) is 0 Å². The van der Waals surface area contributed by atoms with Crippen molar-refractivity contribution in [2.24, 2.45) is 0 Å². The lowest BCUT2D eigenvalue weighted by atomic mass is 9.92. The maximum Gasteiger partial charge on any atom is 0.277 e. The molecule has 7 nitrogen and oxygen atoms in total. The maximum absolute atomic E-state index is 13.9. The number of aryl methyl sites for hydroxylation is 1. The molecule has 1 aliphatic rings. The Labute approximate surface area is 202 Å². The molecule has 8 heteroatoms. The fraction of sp³-hybridized carbons (Fsp3) is 0.222. The van der Waals surface area contributed by atoms with Crippen LogP contribution in [0.4, 0.5) is 10.1 Å². The van der Waals surface area contributed by atoms with E-state index in [1.807, 2.05) is 31.2 Å². The molecule has 2 amide bonds. The zero-order chi connectivity index (χ0) is 24.6. The molecule has 35 heavy (non-hydrogen) atoms. The Kier molecular flexibility index (Phi) is 5.72. The van der Waals surface area contributed by atoms with Crippen LogP contribution < -0.4 is 10.2 Å². The molecule has 3 heterocycles.